The number of aromatic nitrogens is 2. The fourth-order valence-corrected chi connectivity index (χ4v) is 4.73. The highest BCUT2D eigenvalue weighted by molar-refractivity contribution is 5.94. The number of aryl methyl sites for hydroxylation is 1. The highest BCUT2D eigenvalue weighted by atomic mass is 16.5. The maximum atomic E-state index is 13.2. The van der Waals surface area contributed by atoms with Crippen LogP contribution in [0.4, 0.5) is 0 Å². The molecule has 1 aliphatic heterocycles. The number of piperidine rings is 1. The molecule has 182 valence electrons. The van der Waals surface area contributed by atoms with Gasteiger partial charge in [0.05, 0.1) is 0 Å². The molecule has 3 aromatic carbocycles. The Kier molecular flexibility index (Phi) is 7.08. The number of likely N-dealkylation sites (tertiary alicyclic amines) is 1. The van der Waals surface area contributed by atoms with E-state index >= 15 is 0 Å². The third kappa shape index (κ3) is 5.30. The van der Waals surface area contributed by atoms with Crippen molar-refractivity contribution in [3.8, 4) is 16.9 Å². The Labute approximate surface area is 212 Å². The fourth-order valence-electron chi connectivity index (χ4n) is 4.73. The van der Waals surface area contributed by atoms with Crippen molar-refractivity contribution < 1.29 is 9.53 Å². The molecule has 5 nitrogen and oxygen atoms in total. The lowest BCUT2D eigenvalue weighted by molar-refractivity contribution is 0.0710. The number of amides is 1. The summed E-state index contributed by atoms with van der Waals surface area (Å²) in [5.41, 5.74) is 6.50. The van der Waals surface area contributed by atoms with E-state index in [0.29, 0.717) is 31.0 Å². The van der Waals surface area contributed by atoms with Crippen LogP contribution < -0.4 is 4.74 Å². The minimum absolute atomic E-state index is 0.0461. The van der Waals surface area contributed by atoms with Crippen LogP contribution in [0.15, 0.2) is 85.2 Å². The molecule has 5 rings (SSSR count). The maximum Gasteiger partial charge on any atom is 0.253 e. The largest absolute Gasteiger partial charge is 0.489 e. The van der Waals surface area contributed by atoms with Gasteiger partial charge in [-0.15, -0.1) is 0 Å². The summed E-state index contributed by atoms with van der Waals surface area (Å²) < 4.78 is 5.91. The van der Waals surface area contributed by atoms with Crippen molar-refractivity contribution in [1.29, 1.82) is 0 Å². The van der Waals surface area contributed by atoms with Crippen molar-refractivity contribution in [3.63, 3.8) is 0 Å². The van der Waals surface area contributed by atoms with E-state index in [0.717, 1.165) is 29.8 Å². The Hall–Kier alpha value is -3.99. The van der Waals surface area contributed by atoms with Gasteiger partial charge < -0.3 is 9.64 Å². The standard InChI is InChI=1S/C31H31N3O2/c1-22-8-6-13-29(23(22)2)27-19-32-30(33-20-27)25-14-16-34(17-15-25)31(35)26-11-7-12-28(18-26)36-21-24-9-4-3-5-10-24/h3-13,18-20,25H,14-17,21H2,1-2H3. The Balaban J connectivity index is 1.19. The van der Waals surface area contributed by atoms with Crippen molar-refractivity contribution in [2.45, 2.75) is 39.2 Å². The lowest BCUT2D eigenvalue weighted by Crippen LogP contribution is -2.38. The Morgan fingerprint density at radius 3 is 2.39 bits per heavy atom. The summed E-state index contributed by atoms with van der Waals surface area (Å²) in [6.07, 6.45) is 5.59. The van der Waals surface area contributed by atoms with Gasteiger partial charge in [0, 0.05) is 42.5 Å². The van der Waals surface area contributed by atoms with Gasteiger partial charge in [-0.05, 0) is 67.1 Å². The second kappa shape index (κ2) is 10.7. The van der Waals surface area contributed by atoms with Crippen molar-refractivity contribution in [2.75, 3.05) is 13.1 Å². The average molecular weight is 478 g/mol. The molecule has 0 spiro atoms. The summed E-state index contributed by atoms with van der Waals surface area (Å²) in [5, 5.41) is 0. The van der Waals surface area contributed by atoms with Gasteiger partial charge >= 0.3 is 0 Å². The predicted molar refractivity (Wildman–Crippen MR) is 142 cm³/mol. The van der Waals surface area contributed by atoms with Gasteiger partial charge in [-0.2, -0.15) is 0 Å². The molecule has 0 unspecified atom stereocenters. The summed E-state index contributed by atoms with van der Waals surface area (Å²) in [4.78, 5) is 24.5. The van der Waals surface area contributed by atoms with Crippen LogP contribution in [0.2, 0.25) is 0 Å². The predicted octanol–water partition coefficient (Wildman–Crippen LogP) is 6.36. The Morgan fingerprint density at radius 1 is 0.917 bits per heavy atom. The molecule has 5 heteroatoms. The number of nitrogens with zero attached hydrogens (tertiary/aromatic N) is 3. The average Bonchev–Trinajstić information content (AvgIpc) is 2.94. The van der Waals surface area contributed by atoms with Gasteiger partial charge in [0.25, 0.3) is 5.91 Å². The molecule has 0 atom stereocenters. The molecular formula is C31H31N3O2. The molecule has 4 aromatic rings. The zero-order chi connectivity index (χ0) is 24.9. The second-order valence-corrected chi connectivity index (χ2v) is 9.45. The van der Waals surface area contributed by atoms with Gasteiger partial charge in [0.1, 0.15) is 18.2 Å². The number of carbonyl (C=O) groups is 1. The quantitative estimate of drug-likeness (QED) is 0.324. The molecule has 1 amide bonds. The second-order valence-electron chi connectivity index (χ2n) is 9.45. The third-order valence-electron chi connectivity index (χ3n) is 7.06. The highest BCUT2D eigenvalue weighted by Gasteiger charge is 2.26. The first-order valence-electron chi connectivity index (χ1n) is 12.5. The number of ether oxygens (including phenoxy) is 1. The summed E-state index contributed by atoms with van der Waals surface area (Å²) in [6.45, 7) is 6.13. The van der Waals surface area contributed by atoms with E-state index in [4.69, 9.17) is 14.7 Å². The normalized spacial score (nSPS) is 14.0. The smallest absolute Gasteiger partial charge is 0.253 e. The lowest BCUT2D eigenvalue weighted by Gasteiger charge is -2.31. The van der Waals surface area contributed by atoms with Crippen molar-refractivity contribution in [1.82, 2.24) is 14.9 Å². The minimum atomic E-state index is 0.0461. The molecule has 36 heavy (non-hydrogen) atoms. The van der Waals surface area contributed by atoms with Gasteiger partial charge in [0.15, 0.2) is 0 Å². The zero-order valence-electron chi connectivity index (χ0n) is 20.9. The van der Waals surface area contributed by atoms with Crippen molar-refractivity contribution >= 4 is 5.91 Å². The topological polar surface area (TPSA) is 55.3 Å². The van der Waals surface area contributed by atoms with Crippen LogP contribution >= 0.6 is 0 Å². The molecule has 2 heterocycles. The molecule has 1 fully saturated rings. The first kappa shape index (κ1) is 23.7. The van der Waals surface area contributed by atoms with E-state index < -0.39 is 0 Å². The molecule has 0 saturated carbocycles. The first-order chi connectivity index (χ1) is 17.6. The van der Waals surface area contributed by atoms with Gasteiger partial charge in [-0.25, -0.2) is 9.97 Å². The highest BCUT2D eigenvalue weighted by Crippen LogP contribution is 2.29. The van der Waals surface area contributed by atoms with Crippen LogP contribution in [0.5, 0.6) is 5.75 Å². The molecule has 0 N–H and O–H groups in total. The minimum Gasteiger partial charge on any atom is -0.489 e. The summed E-state index contributed by atoms with van der Waals surface area (Å²) in [5.74, 6) is 1.89. The van der Waals surface area contributed by atoms with Gasteiger partial charge in [-0.1, -0.05) is 54.6 Å². The lowest BCUT2D eigenvalue weighted by atomic mass is 9.95. The maximum absolute atomic E-state index is 13.2. The van der Waals surface area contributed by atoms with Gasteiger partial charge in [0.2, 0.25) is 0 Å². The molecule has 0 aliphatic carbocycles. The molecule has 0 bridgehead atoms. The van der Waals surface area contributed by atoms with Crippen LogP contribution in [0.1, 0.15) is 51.6 Å². The van der Waals surface area contributed by atoms with Crippen LogP contribution in [-0.4, -0.2) is 33.9 Å². The number of hydrogen-bond acceptors (Lipinski definition) is 4. The Bertz CT molecular complexity index is 1330. The van der Waals surface area contributed by atoms with Gasteiger partial charge in [-0.3, -0.25) is 4.79 Å². The first-order valence-corrected chi connectivity index (χ1v) is 12.5. The van der Waals surface area contributed by atoms with E-state index in [9.17, 15) is 4.79 Å². The number of benzene rings is 3. The number of carbonyl (C=O) groups excluding carboxylic acids is 1. The van der Waals surface area contributed by atoms with Crippen LogP contribution in [0.25, 0.3) is 11.1 Å². The number of rotatable bonds is 6. The summed E-state index contributed by atoms with van der Waals surface area (Å²) >= 11 is 0. The van der Waals surface area contributed by atoms with E-state index in [1.165, 1.54) is 16.7 Å². The van der Waals surface area contributed by atoms with Crippen LogP contribution in [0.3, 0.4) is 0 Å². The van der Waals surface area contributed by atoms with Crippen LogP contribution in [-0.2, 0) is 6.61 Å². The monoisotopic (exact) mass is 477 g/mol. The Morgan fingerprint density at radius 2 is 1.64 bits per heavy atom. The summed E-state index contributed by atoms with van der Waals surface area (Å²) in [7, 11) is 0. The fraction of sp³-hybridized carbons (Fsp3) is 0.258. The van der Waals surface area contributed by atoms with E-state index in [1.54, 1.807) is 0 Å². The van der Waals surface area contributed by atoms with E-state index in [-0.39, 0.29) is 11.8 Å². The van der Waals surface area contributed by atoms with Crippen molar-refractivity contribution in [3.05, 3.63) is 113 Å². The molecule has 1 aromatic heterocycles. The molecular weight excluding hydrogens is 446 g/mol. The molecule has 1 saturated heterocycles. The van der Waals surface area contributed by atoms with E-state index in [2.05, 4.69) is 32.0 Å². The van der Waals surface area contributed by atoms with E-state index in [1.807, 2.05) is 71.9 Å². The van der Waals surface area contributed by atoms with Crippen LogP contribution in [0, 0.1) is 13.8 Å². The third-order valence-corrected chi connectivity index (χ3v) is 7.06. The molecule has 0 radical (unpaired) electrons. The summed E-state index contributed by atoms with van der Waals surface area (Å²) in [6, 6.07) is 23.8. The zero-order valence-corrected chi connectivity index (χ0v) is 20.9. The SMILES string of the molecule is Cc1cccc(-c2cnc(C3CCN(C(=O)c4cccc(OCc5ccccc5)c4)CC3)nc2)c1C. The molecule has 1 aliphatic rings. The van der Waals surface area contributed by atoms with Crippen molar-refractivity contribution in [2.24, 2.45) is 0 Å². The number of hydrogen-bond donors (Lipinski definition) is 0.